The third-order valence-corrected chi connectivity index (χ3v) is 8.29. The van der Waals surface area contributed by atoms with Crippen LogP contribution in [0.5, 0.6) is 0 Å². The largest absolute Gasteiger partial charge is 0.340 e. The van der Waals surface area contributed by atoms with Crippen molar-refractivity contribution in [1.82, 2.24) is 24.7 Å². The van der Waals surface area contributed by atoms with Gasteiger partial charge in [0.05, 0.1) is 17.4 Å². The number of hydrogen-bond donors (Lipinski definition) is 1. The molecule has 8 nitrogen and oxygen atoms in total. The summed E-state index contributed by atoms with van der Waals surface area (Å²) in [6.45, 7) is 5.03. The van der Waals surface area contributed by atoms with Crippen LogP contribution in [0, 0.1) is 11.8 Å². The Morgan fingerprint density at radius 1 is 0.919 bits per heavy atom. The molecule has 1 N–H and O–H groups in total. The molecule has 0 bridgehead atoms. The van der Waals surface area contributed by atoms with Gasteiger partial charge in [-0.05, 0) is 55.4 Å². The summed E-state index contributed by atoms with van der Waals surface area (Å²) in [6, 6.07) is 15.3. The minimum absolute atomic E-state index is 0.0905. The fourth-order valence-corrected chi connectivity index (χ4v) is 6.17. The van der Waals surface area contributed by atoms with Gasteiger partial charge in [0.15, 0.2) is 0 Å². The van der Waals surface area contributed by atoms with Crippen molar-refractivity contribution in [2.75, 3.05) is 32.7 Å². The average molecular weight is 500 g/mol. The van der Waals surface area contributed by atoms with Crippen LogP contribution in [-0.4, -0.2) is 69.2 Å². The maximum absolute atomic E-state index is 13.2. The van der Waals surface area contributed by atoms with E-state index in [4.69, 9.17) is 0 Å². The van der Waals surface area contributed by atoms with E-state index < -0.39 is 0 Å². The molecule has 1 aliphatic carbocycles. The summed E-state index contributed by atoms with van der Waals surface area (Å²) in [5.41, 5.74) is 2.57. The highest BCUT2D eigenvalue weighted by Gasteiger charge is 2.34. The summed E-state index contributed by atoms with van der Waals surface area (Å²) in [5, 5.41) is 0.605. The zero-order valence-corrected chi connectivity index (χ0v) is 21.1. The van der Waals surface area contributed by atoms with Crippen molar-refractivity contribution in [3.05, 3.63) is 75.8 Å². The van der Waals surface area contributed by atoms with Gasteiger partial charge in [0.1, 0.15) is 5.82 Å². The molecule has 6 rings (SSSR count). The van der Waals surface area contributed by atoms with Gasteiger partial charge in [0.25, 0.3) is 11.5 Å². The minimum atomic E-state index is -0.108. The Balaban J connectivity index is 0.971. The van der Waals surface area contributed by atoms with E-state index in [1.165, 1.54) is 0 Å². The van der Waals surface area contributed by atoms with Crippen LogP contribution in [0.25, 0.3) is 10.9 Å². The molecule has 0 unspecified atom stereocenters. The molecule has 8 heteroatoms. The molecule has 2 aliphatic heterocycles. The monoisotopic (exact) mass is 499 g/mol. The zero-order valence-electron chi connectivity index (χ0n) is 21.1. The van der Waals surface area contributed by atoms with E-state index in [1.54, 1.807) is 6.07 Å². The SMILES string of the molecule is O=C1c2ccccc2CN1CC1CCC(C(=O)N2CCN(Cc3nc4ccccc4c(=O)[nH]3)CC2)CC1. The van der Waals surface area contributed by atoms with Gasteiger partial charge in [-0.2, -0.15) is 0 Å². The van der Waals surface area contributed by atoms with Crippen LogP contribution >= 0.6 is 0 Å². The van der Waals surface area contributed by atoms with Crippen molar-refractivity contribution in [2.45, 2.75) is 38.8 Å². The number of rotatable bonds is 5. The number of aromatic nitrogens is 2. The highest BCUT2D eigenvalue weighted by atomic mass is 16.2. The Bertz CT molecular complexity index is 1370. The number of hydrogen-bond acceptors (Lipinski definition) is 5. The smallest absolute Gasteiger partial charge is 0.258 e. The molecule has 0 spiro atoms. The third-order valence-electron chi connectivity index (χ3n) is 8.29. The summed E-state index contributed by atoms with van der Waals surface area (Å²) in [5.74, 6) is 1.65. The number of carbonyl (C=O) groups is 2. The molecule has 3 heterocycles. The lowest BCUT2D eigenvalue weighted by atomic mass is 9.81. The van der Waals surface area contributed by atoms with E-state index in [0.717, 1.165) is 56.4 Å². The number of nitrogens with one attached hydrogen (secondary N) is 1. The Labute approximate surface area is 216 Å². The van der Waals surface area contributed by atoms with Crippen molar-refractivity contribution in [2.24, 2.45) is 11.8 Å². The quantitative estimate of drug-likeness (QED) is 0.583. The van der Waals surface area contributed by atoms with Gasteiger partial charge in [-0.1, -0.05) is 30.3 Å². The lowest BCUT2D eigenvalue weighted by molar-refractivity contribution is -0.138. The number of nitrogens with zero attached hydrogens (tertiary/aromatic N) is 4. The molecule has 3 aliphatic rings. The number of carbonyl (C=O) groups excluding carboxylic acids is 2. The molecule has 37 heavy (non-hydrogen) atoms. The van der Waals surface area contributed by atoms with Gasteiger partial charge in [0.2, 0.25) is 5.91 Å². The molecule has 0 atom stereocenters. The van der Waals surface area contributed by atoms with Gasteiger partial charge >= 0.3 is 0 Å². The summed E-state index contributed by atoms with van der Waals surface area (Å²) >= 11 is 0. The third kappa shape index (κ3) is 4.90. The van der Waals surface area contributed by atoms with Crippen LogP contribution in [0.2, 0.25) is 0 Å². The fraction of sp³-hybridized carbons (Fsp3) is 0.448. The van der Waals surface area contributed by atoms with Crippen LogP contribution in [-0.2, 0) is 17.9 Å². The van der Waals surface area contributed by atoms with Gasteiger partial charge in [-0.25, -0.2) is 4.98 Å². The number of aromatic amines is 1. The van der Waals surface area contributed by atoms with E-state index in [9.17, 15) is 14.4 Å². The van der Waals surface area contributed by atoms with Crippen LogP contribution in [0.3, 0.4) is 0 Å². The number of para-hydroxylation sites is 1. The second-order valence-corrected chi connectivity index (χ2v) is 10.7. The lowest BCUT2D eigenvalue weighted by Gasteiger charge is -2.38. The molecular formula is C29H33N5O3. The normalized spacial score (nSPS) is 22.4. The molecule has 192 valence electrons. The van der Waals surface area contributed by atoms with E-state index in [2.05, 4.69) is 14.9 Å². The van der Waals surface area contributed by atoms with E-state index in [-0.39, 0.29) is 23.3 Å². The van der Waals surface area contributed by atoms with Crippen molar-refractivity contribution < 1.29 is 9.59 Å². The van der Waals surface area contributed by atoms with Crippen molar-refractivity contribution >= 4 is 22.7 Å². The predicted octanol–water partition coefficient (Wildman–Crippen LogP) is 3.03. The first-order valence-corrected chi connectivity index (χ1v) is 13.4. The van der Waals surface area contributed by atoms with Crippen molar-refractivity contribution in [3.8, 4) is 0 Å². The minimum Gasteiger partial charge on any atom is -0.340 e. The van der Waals surface area contributed by atoms with Crippen LogP contribution < -0.4 is 5.56 Å². The molecule has 3 aromatic rings. The van der Waals surface area contributed by atoms with E-state index >= 15 is 0 Å². The number of amides is 2. The number of piperazine rings is 1. The molecule has 1 saturated heterocycles. The van der Waals surface area contributed by atoms with Crippen molar-refractivity contribution in [1.29, 1.82) is 0 Å². The van der Waals surface area contributed by atoms with Gasteiger partial charge in [-0.3, -0.25) is 19.3 Å². The maximum atomic E-state index is 13.2. The average Bonchev–Trinajstić information content (AvgIpc) is 3.24. The Hall–Kier alpha value is -3.52. The zero-order chi connectivity index (χ0) is 25.4. The molecular weight excluding hydrogens is 466 g/mol. The first-order chi connectivity index (χ1) is 18.0. The Morgan fingerprint density at radius 3 is 2.43 bits per heavy atom. The standard InChI is InChI=1S/C29H33N5O3/c35-27-24-7-3-4-8-25(24)30-26(31-27)19-32-13-15-33(16-14-32)28(36)21-11-9-20(10-12-21)17-34-18-22-5-1-2-6-23(22)29(34)37/h1-8,20-21H,9-19H2,(H,30,31,35). The number of benzene rings is 2. The molecule has 0 radical (unpaired) electrons. The fourth-order valence-electron chi connectivity index (χ4n) is 6.17. The first-order valence-electron chi connectivity index (χ1n) is 13.4. The van der Waals surface area contributed by atoms with Crippen LogP contribution in [0.15, 0.2) is 53.3 Å². The predicted molar refractivity (Wildman–Crippen MR) is 141 cm³/mol. The van der Waals surface area contributed by atoms with Gasteiger partial charge < -0.3 is 14.8 Å². The van der Waals surface area contributed by atoms with E-state index in [0.29, 0.717) is 48.8 Å². The Morgan fingerprint density at radius 2 is 1.65 bits per heavy atom. The van der Waals surface area contributed by atoms with E-state index in [1.807, 2.05) is 52.3 Å². The highest BCUT2D eigenvalue weighted by Crippen LogP contribution is 2.33. The Kier molecular flexibility index (Phi) is 6.50. The van der Waals surface area contributed by atoms with Gasteiger partial charge in [-0.15, -0.1) is 0 Å². The lowest BCUT2D eigenvalue weighted by Crippen LogP contribution is -2.50. The van der Waals surface area contributed by atoms with Crippen LogP contribution in [0.4, 0.5) is 0 Å². The maximum Gasteiger partial charge on any atom is 0.258 e. The molecule has 1 aromatic heterocycles. The number of fused-ring (bicyclic) bond motifs is 2. The summed E-state index contributed by atoms with van der Waals surface area (Å²) in [7, 11) is 0. The summed E-state index contributed by atoms with van der Waals surface area (Å²) in [4.78, 5) is 52.1. The van der Waals surface area contributed by atoms with Crippen LogP contribution in [0.1, 0.15) is 47.4 Å². The summed E-state index contributed by atoms with van der Waals surface area (Å²) in [6.07, 6.45) is 3.80. The number of H-pyrrole nitrogens is 1. The molecule has 2 aromatic carbocycles. The molecule has 2 amide bonds. The second kappa shape index (κ2) is 10.1. The highest BCUT2D eigenvalue weighted by molar-refractivity contribution is 5.98. The molecule has 2 fully saturated rings. The summed E-state index contributed by atoms with van der Waals surface area (Å²) < 4.78 is 0. The topological polar surface area (TPSA) is 89.6 Å². The second-order valence-electron chi connectivity index (χ2n) is 10.7. The van der Waals surface area contributed by atoms with Crippen molar-refractivity contribution in [3.63, 3.8) is 0 Å². The van der Waals surface area contributed by atoms with Gasteiger partial charge in [0, 0.05) is 50.7 Å². The first kappa shape index (κ1) is 23.9. The molecule has 1 saturated carbocycles.